The number of hydrogen-bond acceptors (Lipinski definition) is 2. The molecule has 2 nitrogen and oxygen atoms in total. The Morgan fingerprint density at radius 1 is 1.25 bits per heavy atom. The molecule has 1 aliphatic carbocycles. The third-order valence-corrected chi connectivity index (χ3v) is 7.65. The predicted molar refractivity (Wildman–Crippen MR) is 80.4 cm³/mol. The van der Waals surface area contributed by atoms with Crippen LogP contribution in [-0.2, 0) is 0 Å². The van der Waals surface area contributed by atoms with E-state index in [1.165, 1.54) is 10.0 Å². The van der Waals surface area contributed by atoms with Crippen LogP contribution in [0.1, 0.15) is 32.1 Å². The van der Waals surface area contributed by atoms with Gasteiger partial charge < -0.3 is 12.4 Å². The average Bonchev–Trinajstić information content (AvgIpc) is 2.46. The summed E-state index contributed by atoms with van der Waals surface area (Å²) in [6.07, 6.45) is 5.13. The SMILES string of the molecule is COc1ccc([Te+]/C(=C/Cl)C2(O)CCCCC2)cc1.[Cl-]. The number of methoxy groups -OCH3 is 1. The van der Waals surface area contributed by atoms with Gasteiger partial charge in [-0.05, 0) is 0 Å². The average molecular weight is 430 g/mol. The Balaban J connectivity index is 0.00000200. The quantitative estimate of drug-likeness (QED) is 0.672. The van der Waals surface area contributed by atoms with Gasteiger partial charge in [0.1, 0.15) is 0 Å². The van der Waals surface area contributed by atoms with Crippen molar-refractivity contribution < 1.29 is 22.3 Å². The van der Waals surface area contributed by atoms with Gasteiger partial charge in [0, 0.05) is 0 Å². The Morgan fingerprint density at radius 3 is 2.35 bits per heavy atom. The minimum atomic E-state index is -0.651. The van der Waals surface area contributed by atoms with Crippen LogP contribution in [-0.4, -0.2) is 38.7 Å². The minimum absolute atomic E-state index is 0. The van der Waals surface area contributed by atoms with Crippen molar-refractivity contribution in [3.8, 4) is 5.75 Å². The van der Waals surface area contributed by atoms with Crippen molar-refractivity contribution in [2.45, 2.75) is 37.7 Å². The summed E-state index contributed by atoms with van der Waals surface area (Å²) in [5.41, 5.74) is 0.972. The summed E-state index contributed by atoms with van der Waals surface area (Å²) in [4.78, 5) is 0. The Hall–Kier alpha value is 0.0896. The first-order chi connectivity index (χ1) is 9.18. The molecule has 1 aromatic carbocycles. The fourth-order valence-corrected chi connectivity index (χ4v) is 5.63. The van der Waals surface area contributed by atoms with E-state index >= 15 is 0 Å². The summed E-state index contributed by atoms with van der Waals surface area (Å²) in [6.45, 7) is 0. The maximum absolute atomic E-state index is 10.7. The van der Waals surface area contributed by atoms with Crippen LogP contribution in [0.2, 0.25) is 0 Å². The molecule has 20 heavy (non-hydrogen) atoms. The number of hydrogen-bond donors (Lipinski definition) is 1. The number of rotatable bonds is 4. The Labute approximate surface area is 142 Å². The smallest absolute Gasteiger partial charge is 1.00 e. The second kappa shape index (κ2) is 8.51. The summed E-state index contributed by atoms with van der Waals surface area (Å²) in [7, 11) is 1.67. The number of ether oxygens (including phenoxy) is 1. The second-order valence-corrected chi connectivity index (χ2v) is 8.24. The van der Waals surface area contributed by atoms with E-state index in [1.807, 2.05) is 12.1 Å². The summed E-state index contributed by atoms with van der Waals surface area (Å²) in [5.74, 6) is 0.865. The molecule has 1 aromatic rings. The maximum Gasteiger partial charge on any atom is -1.00 e. The third-order valence-electron chi connectivity index (χ3n) is 3.53. The largest absolute Gasteiger partial charge is 1.00 e. The van der Waals surface area contributed by atoms with E-state index in [0.29, 0.717) is 0 Å². The van der Waals surface area contributed by atoms with Crippen molar-refractivity contribution >= 4 is 36.1 Å². The van der Waals surface area contributed by atoms with Crippen LogP contribution in [0, 0.1) is 0 Å². The first-order valence-electron chi connectivity index (χ1n) is 6.53. The van der Waals surface area contributed by atoms with E-state index in [0.717, 1.165) is 35.1 Å². The third kappa shape index (κ3) is 4.55. The molecule has 0 amide bonds. The van der Waals surface area contributed by atoms with E-state index in [-0.39, 0.29) is 12.4 Å². The molecule has 0 atom stereocenters. The van der Waals surface area contributed by atoms with Crippen LogP contribution in [0.4, 0.5) is 0 Å². The Morgan fingerprint density at radius 2 is 1.85 bits per heavy atom. The molecule has 0 saturated heterocycles. The number of aliphatic hydroxyl groups is 1. The van der Waals surface area contributed by atoms with E-state index in [9.17, 15) is 5.11 Å². The molecule has 2 rings (SSSR count). The summed E-state index contributed by atoms with van der Waals surface area (Å²) in [6, 6.07) is 8.09. The topological polar surface area (TPSA) is 29.5 Å². The van der Waals surface area contributed by atoms with Gasteiger partial charge in [0.25, 0.3) is 0 Å². The zero-order chi connectivity index (χ0) is 13.7. The van der Waals surface area contributed by atoms with Crippen molar-refractivity contribution in [1.82, 2.24) is 0 Å². The summed E-state index contributed by atoms with van der Waals surface area (Å²) < 4.78 is 7.50. The molecule has 0 bridgehead atoms. The van der Waals surface area contributed by atoms with Crippen LogP contribution in [0.25, 0.3) is 0 Å². The predicted octanol–water partition coefficient (Wildman–Crippen LogP) is -0.196. The van der Waals surface area contributed by atoms with Crippen molar-refractivity contribution in [3.63, 3.8) is 0 Å². The molecule has 1 saturated carbocycles. The van der Waals surface area contributed by atoms with Crippen LogP contribution in [0.5, 0.6) is 5.75 Å². The first kappa shape index (κ1) is 18.1. The zero-order valence-corrected chi connectivity index (χ0v) is 15.3. The molecule has 0 unspecified atom stereocenters. The van der Waals surface area contributed by atoms with E-state index < -0.39 is 26.5 Å². The second-order valence-electron chi connectivity index (χ2n) is 4.84. The van der Waals surface area contributed by atoms with Crippen LogP contribution >= 0.6 is 11.6 Å². The molecule has 1 aliphatic rings. The standard InChI is InChI=1S/C15H19ClO2Te.ClH/c1-18-12-5-7-13(8-6-12)19-14(11-16)15(17)9-3-2-4-10-15;/h5-8,11,17H,2-4,9-10H2,1H3;1H/q+1;/p-1/b14-11+;. The molecule has 0 aromatic heterocycles. The fraction of sp³-hybridized carbons (Fsp3) is 0.467. The molecule has 111 valence electrons. The van der Waals surface area contributed by atoms with E-state index in [2.05, 4.69) is 12.1 Å². The summed E-state index contributed by atoms with van der Waals surface area (Å²) in [5, 5.41) is 10.7. The maximum atomic E-state index is 10.7. The molecular formula is C15H19Cl2O2Te. The Kier molecular flexibility index (Phi) is 7.72. The van der Waals surface area contributed by atoms with Gasteiger partial charge in [0.15, 0.2) is 0 Å². The van der Waals surface area contributed by atoms with E-state index in [1.54, 1.807) is 12.6 Å². The minimum Gasteiger partial charge on any atom is -1.00 e. The van der Waals surface area contributed by atoms with Gasteiger partial charge in [-0.1, -0.05) is 0 Å². The van der Waals surface area contributed by atoms with Crippen LogP contribution < -0.4 is 20.8 Å². The molecule has 0 heterocycles. The van der Waals surface area contributed by atoms with Crippen molar-refractivity contribution in [2.24, 2.45) is 0 Å². The summed E-state index contributed by atoms with van der Waals surface area (Å²) >= 11 is 5.38. The normalized spacial score (nSPS) is 18.2. The van der Waals surface area contributed by atoms with Gasteiger partial charge in [-0.25, -0.2) is 0 Å². The van der Waals surface area contributed by atoms with Gasteiger partial charge >= 0.3 is 130 Å². The van der Waals surface area contributed by atoms with Gasteiger partial charge in [-0.15, -0.1) is 0 Å². The monoisotopic (exact) mass is 431 g/mol. The van der Waals surface area contributed by atoms with Gasteiger partial charge in [0.05, 0.1) is 0 Å². The number of halogens is 2. The van der Waals surface area contributed by atoms with Crippen LogP contribution in [0.3, 0.4) is 0 Å². The molecule has 1 radical (unpaired) electrons. The molecule has 5 heteroatoms. The van der Waals surface area contributed by atoms with Gasteiger partial charge in [-0.2, -0.15) is 0 Å². The number of benzene rings is 1. The van der Waals surface area contributed by atoms with Crippen molar-refractivity contribution in [1.29, 1.82) is 0 Å². The molecule has 0 spiro atoms. The van der Waals surface area contributed by atoms with Crippen molar-refractivity contribution in [3.05, 3.63) is 33.4 Å². The molecule has 1 N–H and O–H groups in total. The van der Waals surface area contributed by atoms with Gasteiger partial charge in [-0.3, -0.25) is 0 Å². The fourth-order valence-electron chi connectivity index (χ4n) is 2.37. The van der Waals surface area contributed by atoms with Crippen molar-refractivity contribution in [2.75, 3.05) is 7.11 Å². The Bertz CT molecular complexity index is 440. The first-order valence-corrected chi connectivity index (χ1v) is 9.30. The van der Waals surface area contributed by atoms with Gasteiger partial charge in [0.2, 0.25) is 0 Å². The van der Waals surface area contributed by atoms with E-state index in [4.69, 9.17) is 16.3 Å². The molecular weight excluding hydrogens is 411 g/mol. The molecule has 1 fully saturated rings. The molecule has 0 aliphatic heterocycles. The van der Waals surface area contributed by atoms with Crippen LogP contribution in [0.15, 0.2) is 33.4 Å². The zero-order valence-electron chi connectivity index (χ0n) is 11.4.